The second-order valence-corrected chi connectivity index (χ2v) is 8.47. The van der Waals surface area contributed by atoms with Gasteiger partial charge in [0, 0.05) is 18.5 Å². The molecule has 0 atom stereocenters. The van der Waals surface area contributed by atoms with Crippen LogP contribution in [0.15, 0.2) is 57.7 Å². The Balaban J connectivity index is 1.77. The molecule has 0 aliphatic rings. The van der Waals surface area contributed by atoms with Gasteiger partial charge in [-0.15, -0.1) is 0 Å². The summed E-state index contributed by atoms with van der Waals surface area (Å²) in [7, 11) is 0. The van der Waals surface area contributed by atoms with Gasteiger partial charge in [-0.25, -0.2) is 9.78 Å². The first-order chi connectivity index (χ1) is 15.0. The van der Waals surface area contributed by atoms with Crippen LogP contribution < -0.4 is 10.5 Å². The molecule has 160 valence electrons. The van der Waals surface area contributed by atoms with Gasteiger partial charge in [-0.2, -0.15) is 0 Å². The number of anilines is 1. The summed E-state index contributed by atoms with van der Waals surface area (Å²) in [4.78, 5) is 34.6. The molecule has 0 aliphatic carbocycles. The fourth-order valence-corrected chi connectivity index (χ4v) is 4.73. The number of nitrogens with zero attached hydrogens (tertiary/aromatic N) is 3. The van der Waals surface area contributed by atoms with Crippen LogP contribution in [0.2, 0.25) is 5.02 Å². The first kappa shape index (κ1) is 21.5. The molecule has 0 saturated carbocycles. The Morgan fingerprint density at radius 1 is 1.10 bits per heavy atom. The number of rotatable bonds is 7. The van der Waals surface area contributed by atoms with Crippen molar-refractivity contribution in [3.63, 3.8) is 0 Å². The predicted molar refractivity (Wildman–Crippen MR) is 127 cm³/mol. The Kier molecular flexibility index (Phi) is 6.36. The number of carbonyl (C=O) groups excluding carboxylic acids is 1. The molecule has 31 heavy (non-hydrogen) atoms. The van der Waals surface area contributed by atoms with E-state index in [1.54, 1.807) is 29.2 Å². The molecule has 0 N–H and O–H groups in total. The molecule has 0 bridgehead atoms. The third-order valence-corrected chi connectivity index (χ3v) is 6.59. The lowest BCUT2D eigenvalue weighted by molar-refractivity contribution is 0.0980. The van der Waals surface area contributed by atoms with Gasteiger partial charge in [0.25, 0.3) is 5.91 Å². The highest BCUT2D eigenvalue weighted by molar-refractivity contribution is 7.22. The van der Waals surface area contributed by atoms with Crippen LogP contribution in [0.4, 0.5) is 5.13 Å². The summed E-state index contributed by atoms with van der Waals surface area (Å²) in [6.07, 6.45) is 0. The summed E-state index contributed by atoms with van der Waals surface area (Å²) in [6, 6.07) is 14.3. The van der Waals surface area contributed by atoms with Gasteiger partial charge in [0.15, 0.2) is 5.13 Å². The zero-order chi connectivity index (χ0) is 22.0. The number of fused-ring (bicyclic) bond motifs is 2. The van der Waals surface area contributed by atoms with Crippen LogP contribution in [0.1, 0.15) is 24.2 Å². The lowest BCUT2D eigenvalue weighted by Gasteiger charge is -2.24. The van der Waals surface area contributed by atoms with E-state index < -0.39 is 11.5 Å². The summed E-state index contributed by atoms with van der Waals surface area (Å²) < 4.78 is 6.28. The first-order valence-electron chi connectivity index (χ1n) is 10.1. The number of halogens is 1. The standard InChI is InChI=1S/C23H22ClN3O3S/c1-3-26(4-2)12-13-27(23-25-20-17(24)9-7-11-19(20)31-23)21(28)16-14-15-8-5-6-10-18(15)30-22(16)29/h5-11,14H,3-4,12-13H2,1-2H3. The zero-order valence-corrected chi connectivity index (χ0v) is 18.9. The smallest absolute Gasteiger partial charge is 0.349 e. The molecule has 1 amide bonds. The number of hydrogen-bond acceptors (Lipinski definition) is 6. The Bertz CT molecular complexity index is 1300. The molecule has 2 heterocycles. The van der Waals surface area contributed by atoms with Crippen molar-refractivity contribution < 1.29 is 9.21 Å². The van der Waals surface area contributed by atoms with Crippen LogP contribution in [0.5, 0.6) is 0 Å². The van der Waals surface area contributed by atoms with Gasteiger partial charge < -0.3 is 9.32 Å². The Morgan fingerprint density at radius 3 is 2.61 bits per heavy atom. The molecule has 6 nitrogen and oxygen atoms in total. The Morgan fingerprint density at radius 2 is 1.87 bits per heavy atom. The van der Waals surface area contributed by atoms with Crippen molar-refractivity contribution in [1.82, 2.24) is 9.88 Å². The number of amides is 1. The van der Waals surface area contributed by atoms with E-state index >= 15 is 0 Å². The van der Waals surface area contributed by atoms with E-state index in [2.05, 4.69) is 23.7 Å². The van der Waals surface area contributed by atoms with Crippen molar-refractivity contribution in [1.29, 1.82) is 0 Å². The summed E-state index contributed by atoms with van der Waals surface area (Å²) in [5.41, 5.74) is 0.431. The fourth-order valence-electron chi connectivity index (χ4n) is 3.44. The van der Waals surface area contributed by atoms with Crippen LogP contribution in [0.3, 0.4) is 0 Å². The van der Waals surface area contributed by atoms with E-state index in [1.165, 1.54) is 11.3 Å². The molecule has 0 fully saturated rings. The molecule has 2 aromatic heterocycles. The van der Waals surface area contributed by atoms with Crippen LogP contribution in [0.25, 0.3) is 21.2 Å². The van der Waals surface area contributed by atoms with Crippen molar-refractivity contribution in [2.75, 3.05) is 31.1 Å². The molecule has 0 aliphatic heterocycles. The van der Waals surface area contributed by atoms with Crippen LogP contribution in [-0.2, 0) is 0 Å². The summed E-state index contributed by atoms with van der Waals surface area (Å²) >= 11 is 7.68. The van der Waals surface area contributed by atoms with Crippen molar-refractivity contribution in [3.8, 4) is 0 Å². The van der Waals surface area contributed by atoms with Crippen LogP contribution >= 0.6 is 22.9 Å². The van der Waals surface area contributed by atoms with Gasteiger partial charge >= 0.3 is 5.63 Å². The number of likely N-dealkylation sites (N-methyl/N-ethyl adjacent to an activating group) is 1. The summed E-state index contributed by atoms with van der Waals surface area (Å²) in [6.45, 7) is 6.92. The third-order valence-electron chi connectivity index (χ3n) is 5.24. The minimum absolute atomic E-state index is 0.0106. The van der Waals surface area contributed by atoms with E-state index in [9.17, 15) is 9.59 Å². The first-order valence-corrected chi connectivity index (χ1v) is 11.3. The molecule has 0 saturated heterocycles. The molecule has 0 unspecified atom stereocenters. The highest BCUT2D eigenvalue weighted by atomic mass is 35.5. The highest BCUT2D eigenvalue weighted by Gasteiger charge is 2.25. The van der Waals surface area contributed by atoms with Crippen molar-refractivity contribution in [2.45, 2.75) is 13.8 Å². The van der Waals surface area contributed by atoms with Crippen molar-refractivity contribution in [2.24, 2.45) is 0 Å². The monoisotopic (exact) mass is 455 g/mol. The molecule has 2 aromatic carbocycles. The van der Waals surface area contributed by atoms with Gasteiger partial charge in [-0.1, -0.05) is 61.1 Å². The van der Waals surface area contributed by atoms with E-state index in [0.717, 1.165) is 17.8 Å². The lowest BCUT2D eigenvalue weighted by atomic mass is 10.1. The Labute approximate surface area is 188 Å². The molecule has 4 aromatic rings. The largest absolute Gasteiger partial charge is 0.422 e. The number of hydrogen-bond donors (Lipinski definition) is 0. The molecule has 0 spiro atoms. The minimum Gasteiger partial charge on any atom is -0.422 e. The maximum Gasteiger partial charge on any atom is 0.349 e. The number of carbonyl (C=O) groups is 1. The van der Waals surface area contributed by atoms with Gasteiger partial charge in [0.2, 0.25) is 0 Å². The topological polar surface area (TPSA) is 66.7 Å². The average molecular weight is 456 g/mol. The molecule has 8 heteroatoms. The van der Waals surface area contributed by atoms with E-state index in [-0.39, 0.29) is 5.56 Å². The maximum atomic E-state index is 13.5. The summed E-state index contributed by atoms with van der Waals surface area (Å²) in [5.74, 6) is -0.429. The lowest BCUT2D eigenvalue weighted by Crippen LogP contribution is -2.40. The van der Waals surface area contributed by atoms with Crippen molar-refractivity contribution in [3.05, 3.63) is 69.5 Å². The molecular formula is C23H22ClN3O3S. The quantitative estimate of drug-likeness (QED) is 0.365. The average Bonchev–Trinajstić information content (AvgIpc) is 3.21. The van der Waals surface area contributed by atoms with Crippen LogP contribution in [0, 0.1) is 0 Å². The Hall–Kier alpha value is -2.74. The number of para-hydroxylation sites is 2. The molecule has 0 radical (unpaired) electrons. The maximum absolute atomic E-state index is 13.5. The van der Waals surface area contributed by atoms with Gasteiger partial charge in [-0.05, 0) is 37.4 Å². The minimum atomic E-state index is -0.657. The third kappa shape index (κ3) is 4.35. The SMILES string of the molecule is CCN(CC)CCN(C(=O)c1cc2ccccc2oc1=O)c1nc2c(Cl)cccc2s1. The number of thiazole rings is 1. The molecule has 4 rings (SSSR count). The van der Waals surface area contributed by atoms with E-state index in [4.69, 9.17) is 16.0 Å². The highest BCUT2D eigenvalue weighted by Crippen LogP contribution is 2.33. The van der Waals surface area contributed by atoms with Crippen molar-refractivity contribution >= 4 is 55.2 Å². The fraction of sp³-hybridized carbons (Fsp3) is 0.261. The van der Waals surface area contributed by atoms with Gasteiger partial charge in [0.05, 0.1) is 9.72 Å². The zero-order valence-electron chi connectivity index (χ0n) is 17.3. The van der Waals surface area contributed by atoms with Crippen LogP contribution in [-0.4, -0.2) is 42.0 Å². The van der Waals surface area contributed by atoms with Gasteiger partial charge in [-0.3, -0.25) is 9.69 Å². The van der Waals surface area contributed by atoms with Gasteiger partial charge in [0.1, 0.15) is 16.7 Å². The number of benzene rings is 2. The van der Waals surface area contributed by atoms with E-state index in [0.29, 0.717) is 39.7 Å². The summed E-state index contributed by atoms with van der Waals surface area (Å²) in [5, 5.41) is 1.73. The predicted octanol–water partition coefficient (Wildman–Crippen LogP) is 5.04. The normalized spacial score (nSPS) is 11.5. The second kappa shape index (κ2) is 9.18. The van der Waals surface area contributed by atoms with E-state index in [1.807, 2.05) is 24.3 Å². The second-order valence-electron chi connectivity index (χ2n) is 7.05. The number of aromatic nitrogens is 1. The molecular weight excluding hydrogens is 434 g/mol.